The summed E-state index contributed by atoms with van der Waals surface area (Å²) in [5.74, 6) is -2.14. The minimum absolute atomic E-state index is 0.0173. The van der Waals surface area contributed by atoms with Gasteiger partial charge in [-0.1, -0.05) is 0 Å². The first-order valence-electron chi connectivity index (χ1n) is 7.31. The highest BCUT2D eigenvalue weighted by atomic mass is 19.4. The van der Waals surface area contributed by atoms with Gasteiger partial charge in [0.1, 0.15) is 5.82 Å². The zero-order valence-electron chi connectivity index (χ0n) is 13.3. The molecule has 0 radical (unpaired) electrons. The van der Waals surface area contributed by atoms with Crippen molar-refractivity contribution in [3.8, 4) is 0 Å². The minimum Gasteiger partial charge on any atom is -0.476 e. The maximum absolute atomic E-state index is 13.2. The molecule has 0 spiro atoms. The standard InChI is InChI=1S/C14H14F3N5O3/c1-7-5-10-21(4-3-9(14(15,16)17)22(10)18-7)12(23)8-6-20(2)19-11(8)13(24)25/h5-6,9H,3-4H2,1-2H3,(H,24,25). The van der Waals surface area contributed by atoms with E-state index < -0.39 is 29.8 Å². The third kappa shape index (κ3) is 2.85. The molecule has 0 saturated heterocycles. The SMILES string of the molecule is Cc1cc2n(n1)C(C(F)(F)F)CCN2C(=O)c1cn(C)nc1C(=O)O. The zero-order chi connectivity index (χ0) is 18.5. The molecule has 2 aromatic rings. The summed E-state index contributed by atoms with van der Waals surface area (Å²) in [6.45, 7) is 1.32. The van der Waals surface area contributed by atoms with Crippen molar-refractivity contribution in [2.45, 2.75) is 25.6 Å². The van der Waals surface area contributed by atoms with Crippen LogP contribution in [0.25, 0.3) is 0 Å². The van der Waals surface area contributed by atoms with Crippen LogP contribution in [0.2, 0.25) is 0 Å². The summed E-state index contributed by atoms with van der Waals surface area (Å²) >= 11 is 0. The van der Waals surface area contributed by atoms with Gasteiger partial charge in [-0.3, -0.25) is 14.4 Å². The number of fused-ring (bicyclic) bond motifs is 1. The van der Waals surface area contributed by atoms with Crippen LogP contribution in [-0.4, -0.2) is 49.3 Å². The number of hydrogen-bond donors (Lipinski definition) is 1. The van der Waals surface area contributed by atoms with E-state index in [-0.39, 0.29) is 24.3 Å². The van der Waals surface area contributed by atoms with E-state index in [1.54, 1.807) is 0 Å². The van der Waals surface area contributed by atoms with Crippen molar-refractivity contribution in [2.75, 3.05) is 11.4 Å². The Morgan fingerprint density at radius 3 is 2.60 bits per heavy atom. The van der Waals surface area contributed by atoms with E-state index in [1.165, 1.54) is 30.9 Å². The average molecular weight is 357 g/mol. The topological polar surface area (TPSA) is 93.3 Å². The fourth-order valence-corrected chi connectivity index (χ4v) is 2.88. The highest BCUT2D eigenvalue weighted by Gasteiger charge is 2.46. The number of aryl methyl sites for hydroxylation is 2. The highest BCUT2D eigenvalue weighted by Crippen LogP contribution is 2.39. The van der Waals surface area contributed by atoms with Crippen molar-refractivity contribution in [1.82, 2.24) is 19.6 Å². The maximum atomic E-state index is 13.2. The molecule has 134 valence electrons. The van der Waals surface area contributed by atoms with Crippen molar-refractivity contribution in [3.05, 3.63) is 29.2 Å². The van der Waals surface area contributed by atoms with Gasteiger partial charge in [-0.2, -0.15) is 23.4 Å². The number of nitrogens with zero attached hydrogens (tertiary/aromatic N) is 5. The summed E-state index contributed by atoms with van der Waals surface area (Å²) in [5, 5.41) is 16.7. The lowest BCUT2D eigenvalue weighted by atomic mass is 10.1. The Morgan fingerprint density at radius 1 is 1.32 bits per heavy atom. The minimum atomic E-state index is -4.50. The maximum Gasteiger partial charge on any atom is 0.410 e. The zero-order valence-corrected chi connectivity index (χ0v) is 13.3. The summed E-state index contributed by atoms with van der Waals surface area (Å²) in [4.78, 5) is 25.1. The van der Waals surface area contributed by atoms with E-state index in [2.05, 4.69) is 10.2 Å². The van der Waals surface area contributed by atoms with Gasteiger partial charge in [-0.15, -0.1) is 0 Å². The van der Waals surface area contributed by atoms with Gasteiger partial charge < -0.3 is 5.11 Å². The molecule has 0 aliphatic carbocycles. The lowest BCUT2D eigenvalue weighted by Crippen LogP contribution is -2.43. The van der Waals surface area contributed by atoms with Crippen LogP contribution in [0.4, 0.5) is 19.0 Å². The van der Waals surface area contributed by atoms with Gasteiger partial charge in [0.15, 0.2) is 11.7 Å². The van der Waals surface area contributed by atoms with Crippen molar-refractivity contribution >= 4 is 17.7 Å². The Balaban J connectivity index is 2.04. The molecule has 8 nitrogen and oxygen atoms in total. The summed E-state index contributed by atoms with van der Waals surface area (Å²) in [5.41, 5.74) is -0.312. The van der Waals surface area contributed by atoms with Gasteiger partial charge in [0, 0.05) is 25.9 Å². The average Bonchev–Trinajstić information content (AvgIpc) is 3.06. The first-order chi connectivity index (χ1) is 11.6. The molecule has 0 saturated carbocycles. The molecule has 1 aliphatic heterocycles. The lowest BCUT2D eigenvalue weighted by molar-refractivity contribution is -0.172. The number of hydrogen-bond acceptors (Lipinski definition) is 4. The second-order valence-electron chi connectivity index (χ2n) is 5.76. The summed E-state index contributed by atoms with van der Waals surface area (Å²) in [7, 11) is 1.45. The number of rotatable bonds is 2. The number of carbonyl (C=O) groups excluding carboxylic acids is 1. The van der Waals surface area contributed by atoms with Crippen LogP contribution < -0.4 is 4.90 Å². The van der Waals surface area contributed by atoms with Crippen LogP contribution >= 0.6 is 0 Å². The molecule has 0 aromatic carbocycles. The second-order valence-corrected chi connectivity index (χ2v) is 5.76. The monoisotopic (exact) mass is 357 g/mol. The molecule has 1 unspecified atom stereocenters. The number of aromatic nitrogens is 4. The fourth-order valence-electron chi connectivity index (χ4n) is 2.88. The van der Waals surface area contributed by atoms with Crippen LogP contribution in [0.3, 0.4) is 0 Å². The van der Waals surface area contributed by atoms with Gasteiger partial charge in [-0.25, -0.2) is 9.48 Å². The third-order valence-corrected chi connectivity index (χ3v) is 3.92. The lowest BCUT2D eigenvalue weighted by Gasteiger charge is -2.33. The van der Waals surface area contributed by atoms with Gasteiger partial charge in [0.05, 0.1) is 11.3 Å². The predicted molar refractivity (Wildman–Crippen MR) is 78.5 cm³/mol. The number of carbonyl (C=O) groups is 2. The Kier molecular flexibility index (Phi) is 3.81. The molecule has 3 rings (SSSR count). The van der Waals surface area contributed by atoms with Crippen LogP contribution in [-0.2, 0) is 7.05 Å². The van der Waals surface area contributed by atoms with E-state index in [1.807, 2.05) is 0 Å². The predicted octanol–water partition coefficient (Wildman–Crippen LogP) is 1.78. The number of anilines is 1. The number of alkyl halides is 3. The van der Waals surface area contributed by atoms with E-state index >= 15 is 0 Å². The molecule has 25 heavy (non-hydrogen) atoms. The molecule has 2 aromatic heterocycles. The number of halogens is 3. The van der Waals surface area contributed by atoms with Crippen LogP contribution in [0.5, 0.6) is 0 Å². The van der Waals surface area contributed by atoms with Gasteiger partial charge in [0.2, 0.25) is 0 Å². The molecule has 11 heteroatoms. The van der Waals surface area contributed by atoms with Crippen LogP contribution in [0, 0.1) is 6.92 Å². The quantitative estimate of drug-likeness (QED) is 0.884. The summed E-state index contributed by atoms with van der Waals surface area (Å²) < 4.78 is 41.5. The molecule has 1 aliphatic rings. The van der Waals surface area contributed by atoms with Crippen molar-refractivity contribution in [3.63, 3.8) is 0 Å². The third-order valence-electron chi connectivity index (χ3n) is 3.92. The number of carboxylic acid groups (broad SMARTS) is 1. The molecule has 0 fully saturated rings. The van der Waals surface area contributed by atoms with Gasteiger partial charge in [0.25, 0.3) is 5.91 Å². The molecular weight excluding hydrogens is 343 g/mol. The Labute approximate surface area is 139 Å². The molecular formula is C14H14F3N5O3. The van der Waals surface area contributed by atoms with E-state index in [4.69, 9.17) is 5.11 Å². The number of carboxylic acids is 1. The summed E-state index contributed by atoms with van der Waals surface area (Å²) in [6, 6.07) is -0.458. The van der Waals surface area contributed by atoms with Crippen molar-refractivity contribution in [2.24, 2.45) is 7.05 Å². The molecule has 1 amide bonds. The van der Waals surface area contributed by atoms with Crippen molar-refractivity contribution < 1.29 is 27.9 Å². The van der Waals surface area contributed by atoms with E-state index in [0.717, 1.165) is 9.58 Å². The molecule has 1 atom stereocenters. The first-order valence-corrected chi connectivity index (χ1v) is 7.31. The van der Waals surface area contributed by atoms with E-state index in [0.29, 0.717) is 5.69 Å². The summed E-state index contributed by atoms with van der Waals surface area (Å²) in [6.07, 6.45) is -3.63. The largest absolute Gasteiger partial charge is 0.476 e. The highest BCUT2D eigenvalue weighted by molar-refractivity contribution is 6.11. The van der Waals surface area contributed by atoms with Crippen LogP contribution in [0.15, 0.2) is 12.3 Å². The van der Waals surface area contributed by atoms with Crippen molar-refractivity contribution in [1.29, 1.82) is 0 Å². The molecule has 3 heterocycles. The number of aromatic carboxylic acids is 1. The van der Waals surface area contributed by atoms with Gasteiger partial charge in [-0.05, 0) is 13.3 Å². The number of amides is 1. The molecule has 1 N–H and O–H groups in total. The first kappa shape index (κ1) is 17.0. The second kappa shape index (κ2) is 5.60. The van der Waals surface area contributed by atoms with Gasteiger partial charge >= 0.3 is 12.1 Å². The smallest absolute Gasteiger partial charge is 0.410 e. The Hall–Kier alpha value is -2.85. The van der Waals surface area contributed by atoms with Crippen LogP contribution in [0.1, 0.15) is 39.0 Å². The van der Waals surface area contributed by atoms with E-state index in [9.17, 15) is 22.8 Å². The Morgan fingerprint density at radius 2 is 2.00 bits per heavy atom. The Bertz CT molecular complexity index is 855. The normalized spacial score (nSPS) is 17.5. The molecule has 0 bridgehead atoms. The fraction of sp³-hybridized carbons (Fsp3) is 0.429.